The molecule has 0 radical (unpaired) electrons. The Morgan fingerprint density at radius 2 is 2.04 bits per heavy atom. The number of benzene rings is 1. The van der Waals surface area contributed by atoms with Crippen molar-refractivity contribution < 1.29 is 9.59 Å². The predicted octanol–water partition coefficient (Wildman–Crippen LogP) is 1.88. The molecule has 3 N–H and O–H groups in total. The molecule has 3 saturated carbocycles. The van der Waals surface area contributed by atoms with Crippen molar-refractivity contribution in [3.05, 3.63) is 35.9 Å². The van der Waals surface area contributed by atoms with Gasteiger partial charge in [0, 0.05) is 18.5 Å². The second-order valence-corrected chi connectivity index (χ2v) is 8.19. The Bertz CT molecular complexity index is 706. The Hall–Kier alpha value is -1.88. The number of nitrogens with one attached hydrogen (secondary N) is 1. The number of rotatable bonds is 6. The maximum atomic E-state index is 13.1. The Morgan fingerprint density at radius 3 is 2.65 bits per heavy atom. The third-order valence-electron chi connectivity index (χ3n) is 7.12. The van der Waals surface area contributed by atoms with Crippen LogP contribution in [0, 0.1) is 17.3 Å². The van der Waals surface area contributed by atoms with E-state index in [2.05, 4.69) is 35.6 Å². The van der Waals surface area contributed by atoms with Gasteiger partial charge in [0.15, 0.2) is 0 Å². The van der Waals surface area contributed by atoms with Crippen molar-refractivity contribution in [2.45, 2.75) is 51.1 Å². The van der Waals surface area contributed by atoms with Crippen LogP contribution in [-0.4, -0.2) is 41.9 Å². The summed E-state index contributed by atoms with van der Waals surface area (Å²) in [6.07, 6.45) is 3.85. The van der Waals surface area contributed by atoms with E-state index in [0.717, 1.165) is 5.92 Å². The lowest BCUT2D eigenvalue weighted by molar-refractivity contribution is -0.145. The van der Waals surface area contributed by atoms with Crippen molar-refractivity contribution in [1.29, 1.82) is 0 Å². The van der Waals surface area contributed by atoms with Gasteiger partial charge in [0.2, 0.25) is 11.8 Å². The topological polar surface area (TPSA) is 75.4 Å². The molecule has 3 fully saturated rings. The number of nitrogens with two attached hydrogens (primary N) is 1. The summed E-state index contributed by atoms with van der Waals surface area (Å²) in [6.45, 7) is 4.39. The van der Waals surface area contributed by atoms with E-state index < -0.39 is 6.04 Å². The van der Waals surface area contributed by atoms with Crippen molar-refractivity contribution in [2.75, 3.05) is 13.1 Å². The van der Waals surface area contributed by atoms with Gasteiger partial charge in [0.1, 0.15) is 6.04 Å². The molecular formula is C21H29N3O2. The summed E-state index contributed by atoms with van der Waals surface area (Å²) < 4.78 is 0. The summed E-state index contributed by atoms with van der Waals surface area (Å²) in [7, 11) is 0. The monoisotopic (exact) mass is 355 g/mol. The second-order valence-electron chi connectivity index (χ2n) is 8.19. The Morgan fingerprint density at radius 1 is 1.31 bits per heavy atom. The Kier molecular flexibility index (Phi) is 4.30. The van der Waals surface area contributed by atoms with E-state index in [0.29, 0.717) is 23.8 Å². The molecule has 1 spiro atoms. The molecule has 0 aliphatic heterocycles. The van der Waals surface area contributed by atoms with E-state index >= 15 is 0 Å². The smallest absolute Gasteiger partial charge is 0.245 e. The van der Waals surface area contributed by atoms with E-state index in [1.807, 2.05) is 11.8 Å². The van der Waals surface area contributed by atoms with E-state index in [4.69, 9.17) is 5.73 Å². The van der Waals surface area contributed by atoms with E-state index in [9.17, 15) is 9.59 Å². The third kappa shape index (κ3) is 2.40. The summed E-state index contributed by atoms with van der Waals surface area (Å²) in [5.41, 5.74) is 7.18. The van der Waals surface area contributed by atoms with Crippen LogP contribution in [-0.2, 0) is 9.59 Å². The summed E-state index contributed by atoms with van der Waals surface area (Å²) in [5.74, 6) is 1.62. The highest BCUT2D eigenvalue weighted by molar-refractivity contribution is 5.88. The molecule has 0 heterocycles. The predicted molar refractivity (Wildman–Crippen MR) is 100 cm³/mol. The van der Waals surface area contributed by atoms with Crippen LogP contribution in [0.15, 0.2) is 30.3 Å². The fourth-order valence-electron chi connectivity index (χ4n) is 6.06. The number of nitrogens with zero attached hydrogens (tertiary/aromatic N) is 1. The first-order valence-corrected chi connectivity index (χ1v) is 9.89. The highest BCUT2D eigenvalue weighted by atomic mass is 16.2. The van der Waals surface area contributed by atoms with Gasteiger partial charge < -0.3 is 16.0 Å². The average Bonchev–Trinajstić information content (AvgIpc) is 3.32. The molecule has 0 bridgehead atoms. The van der Waals surface area contributed by atoms with Gasteiger partial charge in [0.25, 0.3) is 0 Å². The third-order valence-corrected chi connectivity index (χ3v) is 7.12. The first-order valence-electron chi connectivity index (χ1n) is 9.89. The molecule has 3 aliphatic carbocycles. The number of carbonyl (C=O) groups excluding carboxylic acids is 2. The molecular weight excluding hydrogens is 326 g/mol. The highest BCUT2D eigenvalue weighted by Crippen LogP contribution is 2.81. The summed E-state index contributed by atoms with van der Waals surface area (Å²) >= 11 is 0. The molecule has 5 heteroatoms. The van der Waals surface area contributed by atoms with E-state index in [1.165, 1.54) is 24.8 Å². The lowest BCUT2D eigenvalue weighted by Gasteiger charge is -2.57. The van der Waals surface area contributed by atoms with Crippen LogP contribution in [0.25, 0.3) is 0 Å². The molecule has 0 aromatic heterocycles. The number of hydrogen-bond acceptors (Lipinski definition) is 3. The molecule has 3 aliphatic rings. The van der Waals surface area contributed by atoms with Gasteiger partial charge in [-0.25, -0.2) is 0 Å². The van der Waals surface area contributed by atoms with Gasteiger partial charge in [-0.15, -0.1) is 0 Å². The SMILES string of the molecule is CCN(C(=O)[C@H](C)NC(=O)CN)C1C2CCC3CC32C1c1ccccc1. The number of likely N-dealkylation sites (N-methyl/N-ethyl adjacent to an activating group) is 1. The van der Waals surface area contributed by atoms with Crippen LogP contribution < -0.4 is 11.1 Å². The zero-order valence-corrected chi connectivity index (χ0v) is 15.7. The molecule has 1 aromatic rings. The van der Waals surface area contributed by atoms with Crippen LogP contribution in [0.4, 0.5) is 0 Å². The molecule has 4 rings (SSSR count). The maximum Gasteiger partial charge on any atom is 0.245 e. The minimum atomic E-state index is -0.532. The first-order chi connectivity index (χ1) is 12.5. The Balaban J connectivity index is 1.59. The quantitative estimate of drug-likeness (QED) is 0.818. The lowest BCUT2D eigenvalue weighted by atomic mass is 9.55. The van der Waals surface area contributed by atoms with Gasteiger partial charge in [-0.2, -0.15) is 0 Å². The summed E-state index contributed by atoms with van der Waals surface area (Å²) in [4.78, 5) is 26.7. The fraction of sp³-hybridized carbons (Fsp3) is 0.619. The minimum absolute atomic E-state index is 0.0131. The van der Waals surface area contributed by atoms with Crippen LogP contribution in [0.5, 0.6) is 0 Å². The summed E-state index contributed by atoms with van der Waals surface area (Å²) in [6, 6.07) is 10.4. The van der Waals surface area contributed by atoms with Crippen LogP contribution in [0.1, 0.15) is 44.6 Å². The molecule has 6 atom stereocenters. The van der Waals surface area contributed by atoms with Gasteiger partial charge in [-0.05, 0) is 55.9 Å². The van der Waals surface area contributed by atoms with Gasteiger partial charge in [0.05, 0.1) is 6.54 Å². The first kappa shape index (κ1) is 17.5. The largest absolute Gasteiger partial charge is 0.343 e. The van der Waals surface area contributed by atoms with Crippen molar-refractivity contribution in [3.8, 4) is 0 Å². The lowest BCUT2D eigenvalue weighted by Crippen LogP contribution is -2.63. The molecule has 140 valence electrons. The number of carbonyl (C=O) groups is 2. The van der Waals surface area contributed by atoms with Crippen LogP contribution in [0.2, 0.25) is 0 Å². The van der Waals surface area contributed by atoms with Gasteiger partial charge in [-0.1, -0.05) is 30.3 Å². The normalized spacial score (nSPS) is 34.9. The van der Waals surface area contributed by atoms with Crippen LogP contribution in [0.3, 0.4) is 0 Å². The highest BCUT2D eigenvalue weighted by Gasteiger charge is 2.77. The van der Waals surface area contributed by atoms with E-state index in [1.54, 1.807) is 6.92 Å². The van der Waals surface area contributed by atoms with Crippen molar-refractivity contribution in [3.63, 3.8) is 0 Å². The second kappa shape index (κ2) is 6.38. The average molecular weight is 355 g/mol. The number of hydrogen-bond donors (Lipinski definition) is 2. The van der Waals surface area contributed by atoms with Gasteiger partial charge in [-0.3, -0.25) is 9.59 Å². The molecule has 5 unspecified atom stereocenters. The van der Waals surface area contributed by atoms with Gasteiger partial charge >= 0.3 is 0 Å². The number of amides is 2. The molecule has 5 nitrogen and oxygen atoms in total. The zero-order valence-electron chi connectivity index (χ0n) is 15.7. The maximum absolute atomic E-state index is 13.1. The van der Waals surface area contributed by atoms with E-state index in [-0.39, 0.29) is 24.4 Å². The van der Waals surface area contributed by atoms with Crippen molar-refractivity contribution >= 4 is 11.8 Å². The molecule has 26 heavy (non-hydrogen) atoms. The molecule has 2 amide bonds. The minimum Gasteiger partial charge on any atom is -0.343 e. The standard InChI is InChI=1S/C21H29N3O2/c1-3-24(20(26)13(2)23-17(25)12-22)19-16-10-9-15-11-21(15,16)18(19)14-7-5-4-6-8-14/h4-8,13,15-16,18-19H,3,9-12,22H2,1-2H3,(H,23,25)/t13-,15?,16?,18?,19?,21?/m0/s1. The molecule has 1 aromatic carbocycles. The van der Waals surface area contributed by atoms with Crippen molar-refractivity contribution in [1.82, 2.24) is 10.2 Å². The fourth-order valence-corrected chi connectivity index (χ4v) is 6.06. The zero-order chi connectivity index (χ0) is 18.5. The summed E-state index contributed by atoms with van der Waals surface area (Å²) in [5, 5.41) is 2.73. The van der Waals surface area contributed by atoms with Crippen LogP contribution >= 0.6 is 0 Å². The Labute approximate surface area is 155 Å². The molecule has 0 saturated heterocycles. The van der Waals surface area contributed by atoms with Crippen molar-refractivity contribution in [2.24, 2.45) is 23.0 Å².